The average molecular weight is 678 g/mol. The highest BCUT2D eigenvalue weighted by molar-refractivity contribution is 7.91. The van der Waals surface area contributed by atoms with E-state index in [0.717, 1.165) is 24.1 Å². The molecule has 0 spiro atoms. The van der Waals surface area contributed by atoms with Crippen molar-refractivity contribution in [2.75, 3.05) is 6.61 Å². The minimum Gasteiger partial charge on any atom is -0.458 e. The Morgan fingerprint density at radius 1 is 0.979 bits per heavy atom. The summed E-state index contributed by atoms with van der Waals surface area (Å²) in [5.74, 6) is -2.20. The Morgan fingerprint density at radius 2 is 1.77 bits per heavy atom. The molecule has 248 valence electrons. The van der Waals surface area contributed by atoms with Crippen LogP contribution in [0.4, 0.5) is 13.2 Å². The third kappa shape index (κ3) is 6.62. The maximum absolute atomic E-state index is 15.6. The molecule has 1 aliphatic heterocycles. The van der Waals surface area contributed by atoms with E-state index in [4.69, 9.17) is 9.47 Å². The summed E-state index contributed by atoms with van der Waals surface area (Å²) in [6.45, 7) is 2.57. The Kier molecular flexibility index (Phi) is 8.37. The van der Waals surface area contributed by atoms with E-state index in [1.165, 1.54) is 24.4 Å². The van der Waals surface area contributed by atoms with E-state index in [2.05, 4.69) is 19.7 Å². The SMILES string of the molecule is Cc1ccc(COc2nccc(-c3cc(F)c(Cc4nc5ccc(C(=O)NS(=O)(=O)C6CC6)cc5n4C[C@@H]4CCO4)cc3F)n2)c(F)c1. The number of hydrogen-bond acceptors (Lipinski definition) is 8. The monoisotopic (exact) mass is 677 g/mol. The highest BCUT2D eigenvalue weighted by atomic mass is 32.2. The van der Waals surface area contributed by atoms with Gasteiger partial charge in [-0.05, 0) is 79.8 Å². The Bertz CT molecular complexity index is 2170. The third-order valence-corrected chi connectivity index (χ3v) is 10.2. The largest absolute Gasteiger partial charge is 0.458 e. The number of imidazole rings is 1. The van der Waals surface area contributed by atoms with Gasteiger partial charge in [-0.15, -0.1) is 0 Å². The lowest BCUT2D eigenvalue weighted by Gasteiger charge is -2.27. The molecule has 0 bridgehead atoms. The Balaban J connectivity index is 1.14. The van der Waals surface area contributed by atoms with Gasteiger partial charge < -0.3 is 14.0 Å². The quantitative estimate of drug-likeness (QED) is 0.197. The number of carbonyl (C=O) groups excluding carboxylic acids is 1. The molecule has 14 heteroatoms. The maximum Gasteiger partial charge on any atom is 0.317 e. The summed E-state index contributed by atoms with van der Waals surface area (Å²) in [6.07, 6.45) is 2.96. The highest BCUT2D eigenvalue weighted by Crippen LogP contribution is 2.30. The number of rotatable bonds is 11. The molecule has 5 aromatic rings. The van der Waals surface area contributed by atoms with E-state index in [1.807, 2.05) is 0 Å². The molecule has 1 atom stereocenters. The van der Waals surface area contributed by atoms with Crippen LogP contribution in [0.5, 0.6) is 6.01 Å². The van der Waals surface area contributed by atoms with Crippen LogP contribution in [-0.4, -0.2) is 51.8 Å². The van der Waals surface area contributed by atoms with Crippen LogP contribution in [0.15, 0.2) is 60.8 Å². The van der Waals surface area contributed by atoms with Gasteiger partial charge in [0.05, 0.1) is 34.6 Å². The lowest BCUT2D eigenvalue weighted by molar-refractivity contribution is -0.0589. The molecular weight excluding hydrogens is 647 g/mol. The van der Waals surface area contributed by atoms with Crippen LogP contribution in [-0.2, 0) is 34.3 Å². The number of halogens is 3. The number of fused-ring (bicyclic) bond motifs is 1. The van der Waals surface area contributed by atoms with E-state index in [9.17, 15) is 17.6 Å². The Hall–Kier alpha value is -4.82. The van der Waals surface area contributed by atoms with Crippen LogP contribution >= 0.6 is 0 Å². The molecule has 2 aromatic heterocycles. The number of hydrogen-bond donors (Lipinski definition) is 1. The van der Waals surface area contributed by atoms with Crippen molar-refractivity contribution in [2.24, 2.45) is 0 Å². The molecule has 2 fully saturated rings. The van der Waals surface area contributed by atoms with Crippen molar-refractivity contribution in [3.8, 4) is 17.3 Å². The van der Waals surface area contributed by atoms with Crippen LogP contribution in [0.3, 0.4) is 0 Å². The van der Waals surface area contributed by atoms with Gasteiger partial charge in [-0.25, -0.2) is 36.3 Å². The number of carbonyl (C=O) groups is 1. The van der Waals surface area contributed by atoms with E-state index >= 15 is 8.78 Å². The number of nitrogens with one attached hydrogen (secondary N) is 1. The predicted molar refractivity (Wildman–Crippen MR) is 169 cm³/mol. The number of benzene rings is 3. The molecule has 1 amide bonds. The second-order valence-electron chi connectivity index (χ2n) is 12.0. The first-order valence-corrected chi connectivity index (χ1v) is 16.9. The third-order valence-electron chi connectivity index (χ3n) is 8.43. The van der Waals surface area contributed by atoms with E-state index in [0.29, 0.717) is 48.4 Å². The molecule has 1 aliphatic carbocycles. The van der Waals surface area contributed by atoms with Gasteiger partial charge in [0.25, 0.3) is 5.91 Å². The van der Waals surface area contributed by atoms with E-state index in [-0.39, 0.29) is 47.5 Å². The molecule has 1 saturated heterocycles. The summed E-state index contributed by atoms with van der Waals surface area (Å²) in [5, 5.41) is -0.556. The molecule has 0 unspecified atom stereocenters. The van der Waals surface area contributed by atoms with Gasteiger partial charge >= 0.3 is 6.01 Å². The van der Waals surface area contributed by atoms with Gasteiger partial charge in [-0.3, -0.25) is 4.79 Å². The topological polar surface area (TPSA) is 125 Å². The fourth-order valence-corrected chi connectivity index (χ4v) is 6.80. The van der Waals surface area contributed by atoms with Gasteiger partial charge in [0.2, 0.25) is 10.0 Å². The summed E-state index contributed by atoms with van der Waals surface area (Å²) in [6, 6.07) is 12.8. The number of nitrogens with zero attached hydrogens (tertiary/aromatic N) is 4. The molecule has 1 N–H and O–H groups in total. The molecule has 1 saturated carbocycles. The number of aryl methyl sites for hydroxylation is 1. The zero-order chi connectivity index (χ0) is 33.6. The molecule has 48 heavy (non-hydrogen) atoms. The van der Waals surface area contributed by atoms with Crippen molar-refractivity contribution in [3.05, 3.63) is 106 Å². The molecule has 10 nitrogen and oxygen atoms in total. The van der Waals surface area contributed by atoms with E-state index in [1.54, 1.807) is 35.8 Å². The van der Waals surface area contributed by atoms with E-state index < -0.39 is 38.6 Å². The first-order chi connectivity index (χ1) is 23.0. The van der Waals surface area contributed by atoms with Crippen molar-refractivity contribution in [1.82, 2.24) is 24.2 Å². The Morgan fingerprint density at radius 3 is 2.50 bits per heavy atom. The van der Waals surface area contributed by atoms with Crippen LogP contribution in [0.2, 0.25) is 0 Å². The fourth-order valence-electron chi connectivity index (χ4n) is 5.50. The van der Waals surface area contributed by atoms with Crippen LogP contribution in [0, 0.1) is 24.4 Å². The fraction of sp³-hybridized carbons (Fsp3) is 0.294. The number of sulfonamides is 1. The maximum atomic E-state index is 15.6. The zero-order valence-corrected chi connectivity index (χ0v) is 26.6. The van der Waals surface area contributed by atoms with Gasteiger partial charge in [0.1, 0.15) is 29.9 Å². The summed E-state index contributed by atoms with van der Waals surface area (Å²) >= 11 is 0. The summed E-state index contributed by atoms with van der Waals surface area (Å²) < 4.78 is 85.2. The predicted octanol–water partition coefficient (Wildman–Crippen LogP) is 5.40. The molecule has 3 heterocycles. The molecular formula is C34H30F3N5O5S. The van der Waals surface area contributed by atoms with Gasteiger partial charge in [0.15, 0.2) is 0 Å². The standard InChI is InChI=1S/C34H30F3N5O5S/c1-19-2-3-21(26(35)12-19)18-47-34-38-10-8-29(40-34)25-16-27(36)22(13-28(25)37)15-32-39-30-7-4-20(33(43)41-48(44,45)24-5-6-24)14-31(30)42(32)17-23-9-11-46-23/h2-4,7-8,10,12-14,16,23-24H,5-6,9,11,15,17-18H2,1H3,(H,41,43)/t23-/m0/s1. The second kappa shape index (κ2) is 12.7. The van der Waals surface area contributed by atoms with Gasteiger partial charge in [-0.1, -0.05) is 12.1 Å². The zero-order valence-electron chi connectivity index (χ0n) is 25.8. The summed E-state index contributed by atoms with van der Waals surface area (Å²) in [4.78, 5) is 25.7. The van der Waals surface area contributed by atoms with Gasteiger partial charge in [0, 0.05) is 35.9 Å². The van der Waals surface area contributed by atoms with Crippen LogP contribution in [0.25, 0.3) is 22.3 Å². The van der Waals surface area contributed by atoms with Crippen molar-refractivity contribution < 1.29 is 35.9 Å². The lowest BCUT2D eigenvalue weighted by atomic mass is 10.0. The Labute approximate surface area is 274 Å². The molecule has 7 rings (SSSR count). The van der Waals surface area contributed by atoms with Gasteiger partial charge in [-0.2, -0.15) is 4.98 Å². The van der Waals surface area contributed by atoms with Crippen molar-refractivity contribution in [2.45, 2.75) is 57.1 Å². The van der Waals surface area contributed by atoms with Crippen molar-refractivity contribution >= 4 is 27.0 Å². The molecule has 0 radical (unpaired) electrons. The summed E-state index contributed by atoms with van der Waals surface area (Å²) in [5.41, 5.74) is 2.23. The van der Waals surface area contributed by atoms with Crippen molar-refractivity contribution in [1.29, 1.82) is 0 Å². The van der Waals surface area contributed by atoms with Crippen molar-refractivity contribution in [3.63, 3.8) is 0 Å². The normalized spacial score (nSPS) is 16.1. The molecule has 3 aromatic carbocycles. The lowest BCUT2D eigenvalue weighted by Crippen LogP contribution is -2.33. The first-order valence-electron chi connectivity index (χ1n) is 15.4. The number of aromatic nitrogens is 4. The molecule has 2 aliphatic rings. The minimum absolute atomic E-state index is 0.0382. The number of amides is 1. The minimum atomic E-state index is -3.75. The highest BCUT2D eigenvalue weighted by Gasteiger charge is 2.37. The summed E-state index contributed by atoms with van der Waals surface area (Å²) in [7, 11) is -3.75. The second-order valence-corrected chi connectivity index (χ2v) is 14.0. The average Bonchev–Trinajstić information content (AvgIpc) is 3.84. The van der Waals surface area contributed by atoms with Crippen LogP contribution < -0.4 is 9.46 Å². The first kappa shape index (κ1) is 31.8. The smallest absolute Gasteiger partial charge is 0.317 e. The number of ether oxygens (including phenoxy) is 2. The van der Waals surface area contributed by atoms with Crippen LogP contribution in [0.1, 0.15) is 52.1 Å².